The summed E-state index contributed by atoms with van der Waals surface area (Å²) in [5, 5.41) is 3.03. The average Bonchev–Trinajstić information content (AvgIpc) is 2.94. The predicted molar refractivity (Wildman–Crippen MR) is 91.4 cm³/mol. The van der Waals surface area contributed by atoms with Gasteiger partial charge in [-0.3, -0.25) is 4.79 Å². The van der Waals surface area contributed by atoms with E-state index in [0.29, 0.717) is 13.1 Å². The number of hydrogen-bond acceptors (Lipinski definition) is 3. The molecule has 2 rings (SSSR count). The van der Waals surface area contributed by atoms with E-state index in [0.717, 1.165) is 12.8 Å². The fourth-order valence-electron chi connectivity index (χ4n) is 2.92. The lowest BCUT2D eigenvalue weighted by Crippen LogP contribution is -2.42. The topological polar surface area (TPSA) is 64.4 Å². The van der Waals surface area contributed by atoms with Gasteiger partial charge in [0.2, 0.25) is 5.91 Å². The fraction of sp³-hybridized carbons (Fsp3) is 0.588. The number of benzene rings is 1. The summed E-state index contributed by atoms with van der Waals surface area (Å²) in [7, 11) is 0. The van der Waals surface area contributed by atoms with Gasteiger partial charge in [-0.15, -0.1) is 12.4 Å². The summed E-state index contributed by atoms with van der Waals surface area (Å²) in [5.74, 6) is -0.0207. The van der Waals surface area contributed by atoms with E-state index in [9.17, 15) is 4.79 Å². The highest BCUT2D eigenvalue weighted by Crippen LogP contribution is 2.26. The van der Waals surface area contributed by atoms with Crippen molar-refractivity contribution in [1.82, 2.24) is 5.32 Å². The quantitative estimate of drug-likeness (QED) is 0.872. The van der Waals surface area contributed by atoms with E-state index in [1.54, 1.807) is 0 Å². The number of hydrogen-bond donors (Lipinski definition) is 2. The third-order valence-corrected chi connectivity index (χ3v) is 4.24. The molecule has 0 aliphatic carbocycles. The minimum absolute atomic E-state index is 0. The van der Waals surface area contributed by atoms with Gasteiger partial charge in [-0.1, -0.05) is 38.1 Å². The van der Waals surface area contributed by atoms with Crippen LogP contribution in [-0.4, -0.2) is 31.2 Å². The largest absolute Gasteiger partial charge is 0.364 e. The first kappa shape index (κ1) is 18.9. The first-order valence-electron chi connectivity index (χ1n) is 7.63. The third kappa shape index (κ3) is 4.45. The SMILES string of the molecule is Cc1ccccc1C(C)(C)CNC(=O)[C@@H]1CC[C@H](CN)O1.Cl. The highest BCUT2D eigenvalue weighted by molar-refractivity contribution is 5.85. The van der Waals surface area contributed by atoms with E-state index in [1.807, 2.05) is 12.1 Å². The summed E-state index contributed by atoms with van der Waals surface area (Å²) in [6, 6.07) is 8.30. The number of halogens is 1. The van der Waals surface area contributed by atoms with Gasteiger partial charge in [0.05, 0.1) is 6.10 Å². The summed E-state index contributed by atoms with van der Waals surface area (Å²) in [4.78, 5) is 12.2. The van der Waals surface area contributed by atoms with Gasteiger partial charge in [0, 0.05) is 18.5 Å². The summed E-state index contributed by atoms with van der Waals surface area (Å²) in [5.41, 5.74) is 7.98. The van der Waals surface area contributed by atoms with Crippen LogP contribution in [0, 0.1) is 6.92 Å². The Balaban J connectivity index is 0.00000242. The molecule has 1 fully saturated rings. The fourth-order valence-corrected chi connectivity index (χ4v) is 2.92. The van der Waals surface area contributed by atoms with Gasteiger partial charge in [0.25, 0.3) is 0 Å². The van der Waals surface area contributed by atoms with Crippen LogP contribution in [0.3, 0.4) is 0 Å². The molecule has 1 aromatic rings. The Morgan fingerprint density at radius 1 is 1.36 bits per heavy atom. The zero-order valence-corrected chi connectivity index (χ0v) is 14.4. The smallest absolute Gasteiger partial charge is 0.249 e. The van der Waals surface area contributed by atoms with Crippen LogP contribution < -0.4 is 11.1 Å². The number of aryl methyl sites for hydroxylation is 1. The zero-order chi connectivity index (χ0) is 15.5. The number of rotatable bonds is 5. The molecule has 1 amide bonds. The molecular formula is C17H27ClN2O2. The van der Waals surface area contributed by atoms with E-state index >= 15 is 0 Å². The molecule has 0 bridgehead atoms. The highest BCUT2D eigenvalue weighted by atomic mass is 35.5. The number of nitrogens with one attached hydrogen (secondary N) is 1. The number of ether oxygens (including phenoxy) is 1. The molecule has 1 aromatic carbocycles. The van der Waals surface area contributed by atoms with Crippen LogP contribution in [0.1, 0.15) is 37.8 Å². The Kier molecular flexibility index (Phi) is 6.85. The second-order valence-electron chi connectivity index (χ2n) is 6.48. The second kappa shape index (κ2) is 7.95. The molecule has 22 heavy (non-hydrogen) atoms. The molecule has 0 unspecified atom stereocenters. The maximum atomic E-state index is 12.2. The number of nitrogens with two attached hydrogens (primary N) is 1. The van der Waals surface area contributed by atoms with Crippen LogP contribution in [0.2, 0.25) is 0 Å². The summed E-state index contributed by atoms with van der Waals surface area (Å²) in [6.45, 7) is 7.48. The first-order chi connectivity index (χ1) is 9.94. The van der Waals surface area contributed by atoms with E-state index in [2.05, 4.69) is 38.2 Å². The van der Waals surface area contributed by atoms with Crippen molar-refractivity contribution in [2.45, 2.75) is 51.2 Å². The molecule has 2 atom stereocenters. The molecule has 0 radical (unpaired) electrons. The summed E-state index contributed by atoms with van der Waals surface area (Å²) < 4.78 is 5.63. The molecule has 0 spiro atoms. The van der Waals surface area contributed by atoms with Gasteiger partial charge in [-0.25, -0.2) is 0 Å². The van der Waals surface area contributed by atoms with Crippen LogP contribution in [0.4, 0.5) is 0 Å². The van der Waals surface area contributed by atoms with Gasteiger partial charge in [-0.2, -0.15) is 0 Å². The molecule has 0 aromatic heterocycles. The molecule has 5 heteroatoms. The minimum atomic E-state index is -0.341. The van der Waals surface area contributed by atoms with Crippen molar-refractivity contribution in [1.29, 1.82) is 0 Å². The molecule has 124 valence electrons. The third-order valence-electron chi connectivity index (χ3n) is 4.24. The number of carbonyl (C=O) groups is 1. The van der Waals surface area contributed by atoms with Crippen LogP contribution >= 0.6 is 12.4 Å². The molecule has 1 saturated heterocycles. The molecule has 1 aliphatic heterocycles. The highest BCUT2D eigenvalue weighted by Gasteiger charge is 2.31. The zero-order valence-electron chi connectivity index (χ0n) is 13.6. The molecule has 0 saturated carbocycles. The van der Waals surface area contributed by atoms with Crippen LogP contribution in [0.15, 0.2) is 24.3 Å². The van der Waals surface area contributed by atoms with Crippen molar-refractivity contribution in [3.63, 3.8) is 0 Å². The molecular weight excluding hydrogens is 300 g/mol. The van der Waals surface area contributed by atoms with E-state index in [1.165, 1.54) is 11.1 Å². The average molecular weight is 327 g/mol. The number of carbonyl (C=O) groups excluding carboxylic acids is 1. The van der Waals surface area contributed by atoms with Gasteiger partial charge in [0.1, 0.15) is 6.10 Å². The Bertz CT molecular complexity index is 505. The first-order valence-corrected chi connectivity index (χ1v) is 7.63. The van der Waals surface area contributed by atoms with Crippen molar-refractivity contribution in [2.24, 2.45) is 5.73 Å². The van der Waals surface area contributed by atoms with Crippen molar-refractivity contribution in [2.75, 3.05) is 13.1 Å². The molecule has 4 nitrogen and oxygen atoms in total. The lowest BCUT2D eigenvalue weighted by Gasteiger charge is -2.28. The lowest BCUT2D eigenvalue weighted by molar-refractivity contribution is -0.132. The van der Waals surface area contributed by atoms with Crippen LogP contribution in [0.5, 0.6) is 0 Å². The standard InChI is InChI=1S/C17H26N2O2.ClH/c1-12-6-4-5-7-14(12)17(2,3)11-19-16(20)15-9-8-13(10-18)21-15;/h4-7,13,15H,8-11,18H2,1-3H3,(H,19,20);1H/t13-,15+;/m1./s1. The Labute approximate surface area is 139 Å². The van der Waals surface area contributed by atoms with Gasteiger partial charge in [0.15, 0.2) is 0 Å². The van der Waals surface area contributed by atoms with Crippen LogP contribution in [0.25, 0.3) is 0 Å². The van der Waals surface area contributed by atoms with E-state index in [4.69, 9.17) is 10.5 Å². The maximum Gasteiger partial charge on any atom is 0.249 e. The Morgan fingerprint density at radius 3 is 2.64 bits per heavy atom. The predicted octanol–water partition coefficient (Wildman–Crippen LogP) is 2.32. The van der Waals surface area contributed by atoms with E-state index in [-0.39, 0.29) is 35.9 Å². The number of amides is 1. The minimum Gasteiger partial charge on any atom is -0.364 e. The summed E-state index contributed by atoms with van der Waals surface area (Å²) in [6.07, 6.45) is 1.32. The summed E-state index contributed by atoms with van der Waals surface area (Å²) >= 11 is 0. The van der Waals surface area contributed by atoms with Crippen molar-refractivity contribution in [3.05, 3.63) is 35.4 Å². The normalized spacial score (nSPS) is 21.3. The Hall–Kier alpha value is -1.10. The maximum absolute atomic E-state index is 12.2. The van der Waals surface area contributed by atoms with E-state index < -0.39 is 0 Å². The van der Waals surface area contributed by atoms with Crippen LogP contribution in [-0.2, 0) is 14.9 Å². The molecule has 1 aliphatic rings. The molecule has 3 N–H and O–H groups in total. The Morgan fingerprint density at radius 2 is 2.05 bits per heavy atom. The van der Waals surface area contributed by atoms with Crippen molar-refractivity contribution >= 4 is 18.3 Å². The van der Waals surface area contributed by atoms with Gasteiger partial charge in [-0.05, 0) is 30.9 Å². The monoisotopic (exact) mass is 326 g/mol. The second-order valence-corrected chi connectivity index (χ2v) is 6.48. The van der Waals surface area contributed by atoms with Crippen molar-refractivity contribution in [3.8, 4) is 0 Å². The van der Waals surface area contributed by atoms with Gasteiger partial charge >= 0.3 is 0 Å². The molecule has 1 heterocycles. The lowest BCUT2D eigenvalue weighted by atomic mass is 9.82. The van der Waals surface area contributed by atoms with Crippen molar-refractivity contribution < 1.29 is 9.53 Å². The van der Waals surface area contributed by atoms with Gasteiger partial charge < -0.3 is 15.8 Å².